The Kier molecular flexibility index (Phi) is 5.98. The van der Waals surface area contributed by atoms with Crippen molar-refractivity contribution in [1.82, 2.24) is 9.80 Å². The van der Waals surface area contributed by atoms with Crippen molar-refractivity contribution in [3.63, 3.8) is 0 Å². The van der Waals surface area contributed by atoms with Gasteiger partial charge in [0.15, 0.2) is 0 Å². The molecule has 2 heterocycles. The highest BCUT2D eigenvalue weighted by Gasteiger charge is 2.34. The van der Waals surface area contributed by atoms with E-state index in [1.165, 1.54) is 24.3 Å². The molecule has 0 radical (unpaired) electrons. The largest absolute Gasteiger partial charge is 0.446 e. The first-order chi connectivity index (χ1) is 15.3. The molecule has 1 fully saturated rings. The summed E-state index contributed by atoms with van der Waals surface area (Å²) in [4.78, 5) is 32.1. The lowest BCUT2D eigenvalue weighted by Crippen LogP contribution is -2.50. The van der Waals surface area contributed by atoms with Crippen LogP contribution >= 0.6 is 0 Å². The van der Waals surface area contributed by atoms with Gasteiger partial charge in [0.2, 0.25) is 12.0 Å². The van der Waals surface area contributed by atoms with E-state index in [2.05, 4.69) is 4.99 Å². The Bertz CT molecular complexity index is 1040. The first-order valence-corrected chi connectivity index (χ1v) is 10.0. The molecular formula is C23H20F3N3O3. The molecule has 6 nitrogen and oxygen atoms in total. The fourth-order valence-electron chi connectivity index (χ4n) is 3.49. The van der Waals surface area contributed by atoms with Gasteiger partial charge in [-0.3, -0.25) is 9.59 Å². The van der Waals surface area contributed by atoms with Crippen LogP contribution in [0.2, 0.25) is 0 Å². The van der Waals surface area contributed by atoms with Crippen molar-refractivity contribution in [2.45, 2.75) is 12.3 Å². The maximum atomic E-state index is 12.6. The first-order valence-electron chi connectivity index (χ1n) is 10.0. The van der Waals surface area contributed by atoms with Gasteiger partial charge >= 0.3 is 6.18 Å². The maximum Gasteiger partial charge on any atom is 0.416 e. The van der Waals surface area contributed by atoms with Gasteiger partial charge in [-0.05, 0) is 23.8 Å². The second kappa shape index (κ2) is 8.86. The Morgan fingerprint density at radius 3 is 2.28 bits per heavy atom. The van der Waals surface area contributed by atoms with Crippen molar-refractivity contribution in [1.29, 1.82) is 0 Å². The summed E-state index contributed by atoms with van der Waals surface area (Å²) in [6.45, 7) is 1.71. The summed E-state index contributed by atoms with van der Waals surface area (Å²) >= 11 is 0. The summed E-state index contributed by atoms with van der Waals surface area (Å²) in [7, 11) is 0. The fourth-order valence-corrected chi connectivity index (χ4v) is 3.49. The molecule has 0 aliphatic carbocycles. The third kappa shape index (κ3) is 4.82. The van der Waals surface area contributed by atoms with Crippen LogP contribution in [-0.4, -0.2) is 53.8 Å². The van der Waals surface area contributed by atoms with Gasteiger partial charge in [0, 0.05) is 37.8 Å². The Hall–Kier alpha value is -3.62. The summed E-state index contributed by atoms with van der Waals surface area (Å²) < 4.78 is 43.7. The lowest BCUT2D eigenvalue weighted by molar-refractivity contribution is -0.137. The highest BCUT2D eigenvalue weighted by Crippen LogP contribution is 2.29. The quantitative estimate of drug-likeness (QED) is 0.682. The number of hydrogen-bond acceptors (Lipinski definition) is 4. The number of alkyl halides is 3. The second-order valence-corrected chi connectivity index (χ2v) is 7.41. The molecule has 0 N–H and O–H groups in total. The van der Waals surface area contributed by atoms with Gasteiger partial charge in [-0.1, -0.05) is 42.5 Å². The minimum absolute atomic E-state index is 0.239. The molecule has 2 aliphatic heterocycles. The highest BCUT2D eigenvalue weighted by molar-refractivity contribution is 5.99. The number of carbonyl (C=O) groups excluding carboxylic acids is 2. The number of ether oxygens (including phenoxy) is 1. The van der Waals surface area contributed by atoms with Crippen molar-refractivity contribution in [3.05, 3.63) is 77.4 Å². The molecule has 9 heteroatoms. The standard InChI is InChI=1S/C23H20F3N3O3/c24-23(25,26)18-9-6-16(7-10-18)8-11-19(30)28-12-14-29(15-13-28)22-27-21(31)20(32-22)17-4-2-1-3-5-17/h1-11,20H,12-15H2/b11-8+. The van der Waals surface area contributed by atoms with Crippen LogP contribution in [-0.2, 0) is 20.5 Å². The monoisotopic (exact) mass is 443 g/mol. The fraction of sp³-hybridized carbons (Fsp3) is 0.261. The molecular weight excluding hydrogens is 423 g/mol. The molecule has 166 valence electrons. The van der Waals surface area contributed by atoms with Gasteiger partial charge in [-0.15, -0.1) is 0 Å². The van der Waals surface area contributed by atoms with E-state index in [1.807, 2.05) is 23.1 Å². The number of amidine groups is 1. The van der Waals surface area contributed by atoms with E-state index in [0.717, 1.165) is 17.7 Å². The average Bonchev–Trinajstić information content (AvgIpc) is 3.19. The zero-order valence-electron chi connectivity index (χ0n) is 17.0. The summed E-state index contributed by atoms with van der Waals surface area (Å²) in [5.74, 6) is -0.596. The number of amides is 2. The van der Waals surface area contributed by atoms with E-state index in [0.29, 0.717) is 31.7 Å². The normalized spacial score (nSPS) is 19.3. The van der Waals surface area contributed by atoms with Crippen molar-refractivity contribution in [2.24, 2.45) is 4.99 Å². The van der Waals surface area contributed by atoms with Crippen LogP contribution in [0.4, 0.5) is 13.2 Å². The number of rotatable bonds is 3. The molecule has 2 aromatic rings. The number of aliphatic imine (C=N–C) groups is 1. The number of halogens is 3. The molecule has 2 amide bonds. The van der Waals surface area contributed by atoms with Crippen LogP contribution in [0.15, 0.2) is 65.7 Å². The van der Waals surface area contributed by atoms with Gasteiger partial charge < -0.3 is 14.5 Å². The van der Waals surface area contributed by atoms with Crippen LogP contribution in [0.5, 0.6) is 0 Å². The summed E-state index contributed by atoms with van der Waals surface area (Å²) in [5.41, 5.74) is 0.504. The van der Waals surface area contributed by atoms with E-state index >= 15 is 0 Å². The minimum atomic E-state index is -4.39. The number of carbonyl (C=O) groups is 2. The molecule has 0 aromatic heterocycles. The zero-order chi connectivity index (χ0) is 22.7. The lowest BCUT2D eigenvalue weighted by Gasteiger charge is -2.34. The van der Waals surface area contributed by atoms with Crippen LogP contribution in [0.3, 0.4) is 0 Å². The predicted octanol–water partition coefficient (Wildman–Crippen LogP) is 3.52. The molecule has 1 atom stereocenters. The number of nitrogens with zero attached hydrogens (tertiary/aromatic N) is 3. The number of piperazine rings is 1. The van der Waals surface area contributed by atoms with Gasteiger partial charge in [-0.25, -0.2) is 0 Å². The van der Waals surface area contributed by atoms with Crippen LogP contribution < -0.4 is 0 Å². The minimum Gasteiger partial charge on any atom is -0.446 e. The molecule has 4 rings (SSSR count). The van der Waals surface area contributed by atoms with E-state index in [1.54, 1.807) is 17.0 Å². The third-order valence-electron chi connectivity index (χ3n) is 5.27. The van der Waals surface area contributed by atoms with E-state index in [-0.39, 0.29) is 17.8 Å². The van der Waals surface area contributed by atoms with Crippen LogP contribution in [0, 0.1) is 0 Å². The molecule has 32 heavy (non-hydrogen) atoms. The molecule has 0 saturated carbocycles. The molecule has 2 aromatic carbocycles. The van der Waals surface area contributed by atoms with Gasteiger partial charge in [-0.2, -0.15) is 18.2 Å². The number of hydrogen-bond donors (Lipinski definition) is 0. The van der Waals surface area contributed by atoms with Crippen molar-refractivity contribution < 1.29 is 27.5 Å². The molecule has 2 aliphatic rings. The highest BCUT2D eigenvalue weighted by atomic mass is 19.4. The smallest absolute Gasteiger partial charge is 0.416 e. The molecule has 1 unspecified atom stereocenters. The Balaban J connectivity index is 1.30. The predicted molar refractivity (Wildman–Crippen MR) is 111 cm³/mol. The summed E-state index contributed by atoms with van der Waals surface area (Å²) in [6.07, 6.45) is -2.31. The zero-order valence-corrected chi connectivity index (χ0v) is 17.0. The van der Waals surface area contributed by atoms with Crippen LogP contribution in [0.25, 0.3) is 6.08 Å². The van der Waals surface area contributed by atoms with E-state index < -0.39 is 17.8 Å². The van der Waals surface area contributed by atoms with Crippen LogP contribution in [0.1, 0.15) is 22.8 Å². The van der Waals surface area contributed by atoms with Crippen molar-refractivity contribution >= 4 is 23.9 Å². The van der Waals surface area contributed by atoms with Gasteiger partial charge in [0.05, 0.1) is 5.56 Å². The Morgan fingerprint density at radius 2 is 1.66 bits per heavy atom. The number of benzene rings is 2. The maximum absolute atomic E-state index is 12.6. The lowest BCUT2D eigenvalue weighted by atomic mass is 10.1. The van der Waals surface area contributed by atoms with Gasteiger partial charge in [0.25, 0.3) is 11.9 Å². The van der Waals surface area contributed by atoms with Crippen molar-refractivity contribution in [3.8, 4) is 0 Å². The molecule has 0 bridgehead atoms. The van der Waals surface area contributed by atoms with Crippen molar-refractivity contribution in [2.75, 3.05) is 26.2 Å². The topological polar surface area (TPSA) is 62.2 Å². The summed E-state index contributed by atoms with van der Waals surface area (Å²) in [5, 5.41) is 0. The molecule has 0 spiro atoms. The molecule has 1 saturated heterocycles. The van der Waals surface area contributed by atoms with Gasteiger partial charge in [0.1, 0.15) is 0 Å². The Morgan fingerprint density at radius 1 is 1.00 bits per heavy atom. The summed E-state index contributed by atoms with van der Waals surface area (Å²) in [6, 6.07) is 14.0. The Labute approximate surface area is 182 Å². The average molecular weight is 443 g/mol. The first kappa shape index (κ1) is 21.6. The SMILES string of the molecule is O=C1N=C(N2CCN(C(=O)/C=C/c3ccc(C(F)(F)F)cc3)CC2)OC1c1ccccc1. The third-order valence-corrected chi connectivity index (χ3v) is 5.27. The van der Waals surface area contributed by atoms with E-state index in [9.17, 15) is 22.8 Å². The second-order valence-electron chi connectivity index (χ2n) is 7.41. The van der Waals surface area contributed by atoms with E-state index in [4.69, 9.17) is 4.74 Å².